The Kier molecular flexibility index (Phi) is 3.75. The first-order chi connectivity index (χ1) is 8.99. The molecule has 1 aromatic carbocycles. The molecular weight excluding hydrogens is 278 g/mol. The Labute approximate surface area is 113 Å². The molecule has 19 heavy (non-hydrogen) atoms. The third-order valence-electron chi connectivity index (χ3n) is 2.70. The first-order valence-electron chi connectivity index (χ1n) is 5.39. The first-order valence-corrected chi connectivity index (χ1v) is 5.77. The molecule has 2 rings (SSSR count). The van der Waals surface area contributed by atoms with Gasteiger partial charge in [0.15, 0.2) is 11.5 Å². The maximum absolute atomic E-state index is 11.0. The molecule has 0 saturated carbocycles. The summed E-state index contributed by atoms with van der Waals surface area (Å²) in [6, 6.07) is 2.82. The van der Waals surface area contributed by atoms with Crippen LogP contribution in [0.5, 0.6) is 11.5 Å². The van der Waals surface area contributed by atoms with E-state index < -0.39 is 16.3 Å². The summed E-state index contributed by atoms with van der Waals surface area (Å²) in [6.45, 7) is 1.66. The van der Waals surface area contributed by atoms with Gasteiger partial charge in [-0.15, -0.1) is 0 Å². The van der Waals surface area contributed by atoms with E-state index in [1.807, 2.05) is 0 Å². The van der Waals surface area contributed by atoms with E-state index in [9.17, 15) is 14.9 Å². The van der Waals surface area contributed by atoms with Gasteiger partial charge < -0.3 is 14.2 Å². The van der Waals surface area contributed by atoms with Crippen LogP contribution in [0.15, 0.2) is 12.1 Å². The predicted octanol–water partition coefficient (Wildman–Crippen LogP) is 2.80. The van der Waals surface area contributed by atoms with Crippen LogP contribution in [0.3, 0.4) is 0 Å². The molecule has 1 heterocycles. The van der Waals surface area contributed by atoms with Crippen molar-refractivity contribution in [3.8, 4) is 11.5 Å². The number of hydrogen-bond donors (Lipinski definition) is 0. The maximum atomic E-state index is 11.0. The van der Waals surface area contributed by atoms with Crippen molar-refractivity contribution < 1.29 is 23.9 Å². The van der Waals surface area contributed by atoms with Gasteiger partial charge in [0.05, 0.1) is 17.6 Å². The molecule has 0 aliphatic carbocycles. The Bertz CT molecular complexity index is 532. The van der Waals surface area contributed by atoms with Crippen molar-refractivity contribution in [3.05, 3.63) is 27.8 Å². The van der Waals surface area contributed by atoms with E-state index in [0.717, 1.165) is 0 Å². The van der Waals surface area contributed by atoms with E-state index in [1.54, 1.807) is 6.92 Å². The molecule has 1 aliphatic heterocycles. The number of nitrogens with zero attached hydrogens (tertiary/aromatic N) is 1. The number of carbonyl (C=O) groups excluding carboxylic acids is 1. The van der Waals surface area contributed by atoms with Crippen molar-refractivity contribution in [1.82, 2.24) is 0 Å². The number of halogens is 1. The quantitative estimate of drug-likeness (QED) is 0.480. The van der Waals surface area contributed by atoms with Crippen LogP contribution in [0, 0.1) is 10.1 Å². The average molecular weight is 288 g/mol. The van der Waals surface area contributed by atoms with Gasteiger partial charge in [0.25, 0.3) is 5.69 Å². The lowest BCUT2D eigenvalue weighted by molar-refractivity contribution is -0.385. The van der Waals surface area contributed by atoms with Gasteiger partial charge in [-0.05, 0) is 6.07 Å². The van der Waals surface area contributed by atoms with E-state index in [1.165, 1.54) is 12.1 Å². The number of nitro groups is 1. The first kappa shape index (κ1) is 13.4. The van der Waals surface area contributed by atoms with Crippen LogP contribution in [-0.2, 0) is 4.74 Å². The van der Waals surface area contributed by atoms with E-state index in [0.29, 0.717) is 17.1 Å². The summed E-state index contributed by atoms with van der Waals surface area (Å²) in [5.41, 5.74) is -0.662. The summed E-state index contributed by atoms with van der Waals surface area (Å²) < 4.78 is 14.9. The minimum atomic E-state index is -0.949. The third kappa shape index (κ3) is 2.87. The molecule has 1 unspecified atom stereocenters. The molecule has 0 amide bonds. The Hall–Kier alpha value is -2.02. The minimum Gasteiger partial charge on any atom is -0.454 e. The summed E-state index contributed by atoms with van der Waals surface area (Å²) in [4.78, 5) is 21.1. The third-order valence-corrected chi connectivity index (χ3v) is 2.81. The van der Waals surface area contributed by atoms with Crippen LogP contribution >= 0.6 is 11.6 Å². The number of nitro benzene ring substituents is 1. The fraction of sp³-hybridized carbons (Fsp3) is 0.364. The second-order valence-corrected chi connectivity index (χ2v) is 4.28. The van der Waals surface area contributed by atoms with Crippen LogP contribution in [0.25, 0.3) is 0 Å². The zero-order valence-corrected chi connectivity index (χ0v) is 10.7. The highest BCUT2D eigenvalue weighted by Crippen LogP contribution is 2.40. The molecule has 7 nitrogen and oxygen atoms in total. The minimum absolute atomic E-state index is 0.0288. The summed E-state index contributed by atoms with van der Waals surface area (Å²) in [5, 5.41) is 11.0. The van der Waals surface area contributed by atoms with Crippen molar-refractivity contribution in [2.45, 2.75) is 12.8 Å². The maximum Gasteiger partial charge on any atom is 0.403 e. The normalized spacial score (nSPS) is 14.0. The summed E-state index contributed by atoms with van der Waals surface area (Å²) in [7, 11) is 0. The molecule has 0 spiro atoms. The lowest BCUT2D eigenvalue weighted by Crippen LogP contribution is -2.08. The zero-order valence-electron chi connectivity index (χ0n) is 9.92. The second kappa shape index (κ2) is 5.31. The monoisotopic (exact) mass is 287 g/mol. The van der Waals surface area contributed by atoms with Crippen LogP contribution in [-0.4, -0.2) is 23.8 Å². The van der Waals surface area contributed by atoms with Crippen molar-refractivity contribution in [2.75, 3.05) is 13.4 Å². The highest BCUT2D eigenvalue weighted by atomic mass is 35.5. The smallest absolute Gasteiger partial charge is 0.403 e. The van der Waals surface area contributed by atoms with Crippen LogP contribution in [0.1, 0.15) is 18.4 Å². The lowest BCUT2D eigenvalue weighted by atomic mass is 9.99. The molecule has 102 valence electrons. The molecule has 0 aromatic heterocycles. The van der Waals surface area contributed by atoms with Gasteiger partial charge in [0.1, 0.15) is 0 Å². The number of hydrogen-bond acceptors (Lipinski definition) is 6. The largest absolute Gasteiger partial charge is 0.454 e. The SMILES string of the molecule is CC(COC(=O)Cl)c1cc2c(cc1[N+](=O)[O-])OCO2. The van der Waals surface area contributed by atoms with Crippen LogP contribution in [0.2, 0.25) is 0 Å². The van der Waals surface area contributed by atoms with Gasteiger partial charge in [0.2, 0.25) is 6.79 Å². The second-order valence-electron chi connectivity index (χ2n) is 3.97. The average Bonchev–Trinajstić information content (AvgIpc) is 2.81. The van der Waals surface area contributed by atoms with Crippen molar-refractivity contribution in [1.29, 1.82) is 0 Å². The van der Waals surface area contributed by atoms with Crippen molar-refractivity contribution in [2.24, 2.45) is 0 Å². The molecule has 0 fully saturated rings. The Morgan fingerprint density at radius 2 is 2.16 bits per heavy atom. The Morgan fingerprint density at radius 3 is 2.74 bits per heavy atom. The standard InChI is InChI=1S/C11H10ClNO6/c1-6(4-17-11(12)14)7-2-9-10(19-5-18-9)3-8(7)13(15)16/h2-3,6H,4-5H2,1H3. The van der Waals surface area contributed by atoms with E-state index >= 15 is 0 Å². The number of fused-ring (bicyclic) bond motifs is 1. The van der Waals surface area contributed by atoms with Gasteiger partial charge in [-0.1, -0.05) is 6.92 Å². The van der Waals surface area contributed by atoms with Gasteiger partial charge in [-0.3, -0.25) is 10.1 Å². The number of carbonyl (C=O) groups is 1. The van der Waals surface area contributed by atoms with E-state index in [4.69, 9.17) is 21.1 Å². The molecule has 1 aromatic rings. The summed E-state index contributed by atoms with van der Waals surface area (Å²) in [6.07, 6.45) is 0. The molecule has 0 N–H and O–H groups in total. The molecule has 1 aliphatic rings. The number of ether oxygens (including phenoxy) is 3. The van der Waals surface area contributed by atoms with Crippen molar-refractivity contribution in [3.63, 3.8) is 0 Å². The van der Waals surface area contributed by atoms with E-state index in [-0.39, 0.29) is 19.1 Å². The van der Waals surface area contributed by atoms with Crippen molar-refractivity contribution >= 4 is 22.7 Å². The highest BCUT2D eigenvalue weighted by Gasteiger charge is 2.26. The topological polar surface area (TPSA) is 87.9 Å². The van der Waals surface area contributed by atoms with E-state index in [2.05, 4.69) is 4.74 Å². The number of rotatable bonds is 4. The Balaban J connectivity index is 2.32. The Morgan fingerprint density at radius 1 is 1.53 bits per heavy atom. The van der Waals surface area contributed by atoms with Gasteiger partial charge in [-0.25, -0.2) is 4.79 Å². The lowest BCUT2D eigenvalue weighted by Gasteiger charge is -2.12. The summed E-state index contributed by atoms with van der Waals surface area (Å²) >= 11 is 5.07. The zero-order chi connectivity index (χ0) is 14.0. The molecule has 8 heteroatoms. The number of benzene rings is 1. The molecule has 0 bridgehead atoms. The predicted molar refractivity (Wildman–Crippen MR) is 64.8 cm³/mol. The van der Waals surface area contributed by atoms with Crippen LogP contribution in [0.4, 0.5) is 10.5 Å². The molecular formula is C11H10ClNO6. The molecule has 0 radical (unpaired) electrons. The van der Waals surface area contributed by atoms with Gasteiger partial charge >= 0.3 is 5.43 Å². The fourth-order valence-electron chi connectivity index (χ4n) is 1.78. The van der Waals surface area contributed by atoms with Gasteiger partial charge in [0, 0.05) is 23.1 Å². The molecule has 0 saturated heterocycles. The summed E-state index contributed by atoms with van der Waals surface area (Å²) in [5.74, 6) is 0.374. The fourth-order valence-corrected chi connectivity index (χ4v) is 1.84. The van der Waals surface area contributed by atoms with Gasteiger partial charge in [-0.2, -0.15) is 0 Å². The highest BCUT2D eigenvalue weighted by molar-refractivity contribution is 6.61. The van der Waals surface area contributed by atoms with Crippen LogP contribution < -0.4 is 9.47 Å². The molecule has 1 atom stereocenters.